The highest BCUT2D eigenvalue weighted by atomic mass is 16.1. The Balaban J connectivity index is 3.10. The Morgan fingerprint density at radius 1 is 1.62 bits per heavy atom. The molecule has 1 rings (SSSR count). The standard InChI is InChI=1S/C9H13N3O/c1-6(2)4-7-5-8(9(10)13)11-12(7)3/h4-5H,1-3H3,(H2,10,13). The van der Waals surface area contributed by atoms with Crippen molar-refractivity contribution in [3.63, 3.8) is 0 Å². The van der Waals surface area contributed by atoms with Crippen LogP contribution in [0.5, 0.6) is 0 Å². The third-order valence-electron chi connectivity index (χ3n) is 1.61. The minimum atomic E-state index is -0.496. The maximum atomic E-state index is 10.8. The van der Waals surface area contributed by atoms with Crippen molar-refractivity contribution in [2.24, 2.45) is 12.8 Å². The zero-order chi connectivity index (χ0) is 10.0. The van der Waals surface area contributed by atoms with Crippen LogP contribution in [-0.2, 0) is 7.05 Å². The van der Waals surface area contributed by atoms with E-state index in [2.05, 4.69) is 5.10 Å². The second-order valence-electron chi connectivity index (χ2n) is 3.16. The highest BCUT2D eigenvalue weighted by Crippen LogP contribution is 2.07. The van der Waals surface area contributed by atoms with E-state index in [0.717, 1.165) is 11.3 Å². The normalized spacial score (nSPS) is 9.77. The molecule has 0 aliphatic rings. The maximum absolute atomic E-state index is 10.8. The fourth-order valence-corrected chi connectivity index (χ4v) is 1.03. The number of nitrogens with two attached hydrogens (primary N) is 1. The van der Waals surface area contributed by atoms with Crippen LogP contribution in [-0.4, -0.2) is 15.7 Å². The molecular weight excluding hydrogens is 166 g/mol. The van der Waals surface area contributed by atoms with Gasteiger partial charge in [-0.05, 0) is 26.0 Å². The first-order chi connectivity index (χ1) is 6.00. The van der Waals surface area contributed by atoms with Gasteiger partial charge in [0.05, 0.1) is 5.69 Å². The molecule has 0 spiro atoms. The fraction of sp³-hybridized carbons (Fsp3) is 0.333. The summed E-state index contributed by atoms with van der Waals surface area (Å²) in [6.07, 6.45) is 1.94. The summed E-state index contributed by atoms with van der Waals surface area (Å²) in [6, 6.07) is 1.68. The first-order valence-electron chi connectivity index (χ1n) is 3.99. The first-order valence-corrected chi connectivity index (χ1v) is 3.99. The first kappa shape index (κ1) is 9.51. The molecule has 1 amide bonds. The molecule has 0 saturated heterocycles. The number of carbonyl (C=O) groups excluding carboxylic acids is 1. The highest BCUT2D eigenvalue weighted by Gasteiger charge is 2.06. The molecule has 0 aromatic carbocycles. The summed E-state index contributed by atoms with van der Waals surface area (Å²) in [5.41, 5.74) is 7.43. The molecule has 0 unspecified atom stereocenters. The van der Waals surface area contributed by atoms with Crippen LogP contribution in [0.15, 0.2) is 11.6 Å². The quantitative estimate of drug-likeness (QED) is 0.734. The lowest BCUT2D eigenvalue weighted by Gasteiger charge is -1.93. The summed E-state index contributed by atoms with van der Waals surface area (Å²) in [4.78, 5) is 10.8. The van der Waals surface area contributed by atoms with Gasteiger partial charge in [0, 0.05) is 7.05 Å². The number of carbonyl (C=O) groups is 1. The summed E-state index contributed by atoms with van der Waals surface area (Å²) < 4.78 is 1.63. The molecule has 0 atom stereocenters. The van der Waals surface area contributed by atoms with Crippen molar-refractivity contribution >= 4 is 12.0 Å². The Morgan fingerprint density at radius 3 is 2.62 bits per heavy atom. The molecule has 0 saturated carbocycles. The van der Waals surface area contributed by atoms with E-state index in [1.165, 1.54) is 0 Å². The van der Waals surface area contributed by atoms with Gasteiger partial charge in [0.1, 0.15) is 0 Å². The van der Waals surface area contributed by atoms with E-state index in [9.17, 15) is 4.79 Å². The van der Waals surface area contributed by atoms with E-state index in [-0.39, 0.29) is 0 Å². The van der Waals surface area contributed by atoms with Gasteiger partial charge in [0.15, 0.2) is 5.69 Å². The molecule has 2 N–H and O–H groups in total. The van der Waals surface area contributed by atoms with Crippen molar-refractivity contribution in [3.05, 3.63) is 23.0 Å². The lowest BCUT2D eigenvalue weighted by Crippen LogP contribution is -2.11. The molecule has 0 fully saturated rings. The zero-order valence-electron chi connectivity index (χ0n) is 8.03. The van der Waals surface area contributed by atoms with Crippen molar-refractivity contribution < 1.29 is 4.79 Å². The monoisotopic (exact) mass is 179 g/mol. The number of rotatable bonds is 2. The van der Waals surface area contributed by atoms with Crippen LogP contribution in [0.1, 0.15) is 30.0 Å². The molecule has 0 aliphatic heterocycles. The van der Waals surface area contributed by atoms with Crippen LogP contribution in [0, 0.1) is 0 Å². The number of primary amides is 1. The Bertz CT molecular complexity index is 359. The molecule has 0 aliphatic carbocycles. The number of hydrogen-bond acceptors (Lipinski definition) is 2. The topological polar surface area (TPSA) is 60.9 Å². The number of nitrogens with zero attached hydrogens (tertiary/aromatic N) is 2. The van der Waals surface area contributed by atoms with Crippen LogP contribution >= 0.6 is 0 Å². The molecule has 1 aromatic rings. The number of aryl methyl sites for hydroxylation is 1. The molecule has 0 bridgehead atoms. The number of amides is 1. The molecule has 13 heavy (non-hydrogen) atoms. The average molecular weight is 179 g/mol. The van der Waals surface area contributed by atoms with Gasteiger partial charge in [-0.15, -0.1) is 0 Å². The van der Waals surface area contributed by atoms with Gasteiger partial charge >= 0.3 is 0 Å². The SMILES string of the molecule is CC(C)=Cc1cc(C(N)=O)nn1C. The zero-order valence-corrected chi connectivity index (χ0v) is 8.03. The van der Waals surface area contributed by atoms with Gasteiger partial charge < -0.3 is 5.73 Å². The lowest BCUT2D eigenvalue weighted by molar-refractivity contribution is 0.0995. The maximum Gasteiger partial charge on any atom is 0.269 e. The predicted molar refractivity (Wildman–Crippen MR) is 51.1 cm³/mol. The fourth-order valence-electron chi connectivity index (χ4n) is 1.03. The van der Waals surface area contributed by atoms with Gasteiger partial charge in [-0.1, -0.05) is 5.57 Å². The second-order valence-corrected chi connectivity index (χ2v) is 3.16. The number of hydrogen-bond donors (Lipinski definition) is 1. The van der Waals surface area contributed by atoms with Crippen LogP contribution in [0.3, 0.4) is 0 Å². The van der Waals surface area contributed by atoms with E-state index < -0.39 is 5.91 Å². The largest absolute Gasteiger partial charge is 0.364 e. The van der Waals surface area contributed by atoms with Gasteiger partial charge in [-0.25, -0.2) is 0 Å². The summed E-state index contributed by atoms with van der Waals surface area (Å²) in [5.74, 6) is -0.496. The highest BCUT2D eigenvalue weighted by molar-refractivity contribution is 5.91. The van der Waals surface area contributed by atoms with Crippen molar-refractivity contribution in [2.75, 3.05) is 0 Å². The molecule has 0 radical (unpaired) electrons. The Kier molecular flexibility index (Phi) is 2.51. The molecule has 70 valence electrons. The van der Waals surface area contributed by atoms with Crippen LogP contribution in [0.2, 0.25) is 0 Å². The van der Waals surface area contributed by atoms with E-state index >= 15 is 0 Å². The van der Waals surface area contributed by atoms with E-state index in [1.54, 1.807) is 17.8 Å². The smallest absolute Gasteiger partial charge is 0.269 e. The Labute approximate surface area is 77.0 Å². The summed E-state index contributed by atoms with van der Waals surface area (Å²) >= 11 is 0. The molecule has 4 heteroatoms. The number of aromatic nitrogens is 2. The van der Waals surface area contributed by atoms with Crippen molar-refractivity contribution in [1.82, 2.24) is 9.78 Å². The van der Waals surface area contributed by atoms with E-state index in [1.807, 2.05) is 19.9 Å². The summed E-state index contributed by atoms with van der Waals surface area (Å²) in [5, 5.41) is 3.96. The second kappa shape index (κ2) is 3.43. The lowest BCUT2D eigenvalue weighted by atomic mass is 10.2. The van der Waals surface area contributed by atoms with Crippen LogP contribution in [0.25, 0.3) is 6.08 Å². The van der Waals surface area contributed by atoms with Crippen molar-refractivity contribution in [2.45, 2.75) is 13.8 Å². The molecule has 1 heterocycles. The van der Waals surface area contributed by atoms with Crippen LogP contribution in [0.4, 0.5) is 0 Å². The van der Waals surface area contributed by atoms with Crippen LogP contribution < -0.4 is 5.73 Å². The minimum Gasteiger partial charge on any atom is -0.364 e. The van der Waals surface area contributed by atoms with Gasteiger partial charge in [0.25, 0.3) is 5.91 Å². The Hall–Kier alpha value is -1.58. The average Bonchev–Trinajstić information content (AvgIpc) is 2.31. The summed E-state index contributed by atoms with van der Waals surface area (Å²) in [7, 11) is 1.78. The van der Waals surface area contributed by atoms with Crippen molar-refractivity contribution in [1.29, 1.82) is 0 Å². The van der Waals surface area contributed by atoms with Crippen molar-refractivity contribution in [3.8, 4) is 0 Å². The van der Waals surface area contributed by atoms with Gasteiger partial charge in [-0.3, -0.25) is 9.48 Å². The summed E-state index contributed by atoms with van der Waals surface area (Å²) in [6.45, 7) is 3.97. The van der Waals surface area contributed by atoms with Gasteiger partial charge in [-0.2, -0.15) is 5.10 Å². The molecule has 1 aromatic heterocycles. The van der Waals surface area contributed by atoms with Gasteiger partial charge in [0.2, 0.25) is 0 Å². The number of allylic oxidation sites excluding steroid dienone is 1. The predicted octanol–water partition coefficient (Wildman–Crippen LogP) is 0.942. The third-order valence-corrected chi connectivity index (χ3v) is 1.61. The molecule has 4 nitrogen and oxygen atoms in total. The van der Waals surface area contributed by atoms with E-state index in [0.29, 0.717) is 5.69 Å². The Morgan fingerprint density at radius 2 is 2.23 bits per heavy atom. The minimum absolute atomic E-state index is 0.301. The third kappa shape index (κ3) is 2.18. The van der Waals surface area contributed by atoms with E-state index in [4.69, 9.17) is 5.73 Å². The molecular formula is C9H13N3O.